The van der Waals surface area contributed by atoms with Gasteiger partial charge in [-0.15, -0.1) is 13.2 Å². The average molecular weight is 238 g/mol. The van der Waals surface area contributed by atoms with Gasteiger partial charge in [0.1, 0.15) is 5.75 Å². The lowest BCUT2D eigenvalue weighted by molar-refractivity contribution is 0.382. The van der Waals surface area contributed by atoms with Crippen LogP contribution in [0.2, 0.25) is 0 Å². The van der Waals surface area contributed by atoms with E-state index in [2.05, 4.69) is 13.2 Å². The van der Waals surface area contributed by atoms with Crippen molar-refractivity contribution in [2.24, 2.45) is 0 Å². The van der Waals surface area contributed by atoms with E-state index in [9.17, 15) is 9.46 Å². The molecule has 0 aromatic heterocycles. The van der Waals surface area contributed by atoms with Crippen LogP contribution in [-0.2, 0) is 11.0 Å². The largest absolute Gasteiger partial charge is 0.424 e. The van der Waals surface area contributed by atoms with E-state index in [-0.39, 0.29) is 6.16 Å². The summed E-state index contributed by atoms with van der Waals surface area (Å²) < 4.78 is 16.7. The van der Waals surface area contributed by atoms with Crippen LogP contribution in [-0.4, -0.2) is 11.1 Å². The first-order valence-electron chi connectivity index (χ1n) is 4.90. The summed E-state index contributed by atoms with van der Waals surface area (Å²) in [6, 6.07) is 7.12. The molecule has 1 unspecified atom stereocenters. The fraction of sp³-hybridized carbons (Fsp3) is 0.167. The van der Waals surface area contributed by atoms with E-state index in [1.807, 2.05) is 12.1 Å². The summed E-state index contributed by atoms with van der Waals surface area (Å²) in [6.07, 6.45) is 3.63. The lowest BCUT2D eigenvalue weighted by atomic mass is 10.1. The summed E-state index contributed by atoms with van der Waals surface area (Å²) in [5, 5.41) is 0. The maximum absolute atomic E-state index is 11.6. The van der Waals surface area contributed by atoms with Gasteiger partial charge >= 0.3 is 7.60 Å². The third-order valence-electron chi connectivity index (χ3n) is 1.94. The Kier molecular flexibility index (Phi) is 4.53. The summed E-state index contributed by atoms with van der Waals surface area (Å²) in [6.45, 7) is 7.04. The topological polar surface area (TPSA) is 46.5 Å². The van der Waals surface area contributed by atoms with Gasteiger partial charge in [0.2, 0.25) is 0 Å². The van der Waals surface area contributed by atoms with Gasteiger partial charge < -0.3 is 9.42 Å². The molecular formula is C12H15O3P. The van der Waals surface area contributed by atoms with Crippen molar-refractivity contribution in [1.29, 1.82) is 0 Å². The molecule has 0 fully saturated rings. The van der Waals surface area contributed by atoms with E-state index in [4.69, 9.17) is 4.52 Å². The summed E-state index contributed by atoms with van der Waals surface area (Å²) >= 11 is 0. The minimum absolute atomic E-state index is 0.0601. The smallest absolute Gasteiger partial charge is 0.380 e. The highest BCUT2D eigenvalue weighted by Crippen LogP contribution is 2.43. The van der Waals surface area contributed by atoms with Gasteiger partial charge in [0.25, 0.3) is 0 Å². The van der Waals surface area contributed by atoms with Gasteiger partial charge in [-0.1, -0.05) is 30.4 Å². The maximum Gasteiger partial charge on any atom is 0.380 e. The van der Waals surface area contributed by atoms with Crippen LogP contribution in [0.5, 0.6) is 5.75 Å². The number of hydrogen-bond donors (Lipinski definition) is 1. The van der Waals surface area contributed by atoms with Crippen LogP contribution in [0.25, 0.3) is 0 Å². The van der Waals surface area contributed by atoms with Gasteiger partial charge in [-0.3, -0.25) is 0 Å². The summed E-state index contributed by atoms with van der Waals surface area (Å²) in [5.41, 5.74) is 0.843. The zero-order valence-corrected chi connectivity index (χ0v) is 9.90. The molecule has 0 spiro atoms. The molecule has 0 heterocycles. The van der Waals surface area contributed by atoms with Crippen molar-refractivity contribution < 1.29 is 14.0 Å². The zero-order chi connectivity index (χ0) is 12.0. The molecule has 0 radical (unpaired) electrons. The van der Waals surface area contributed by atoms with E-state index < -0.39 is 7.60 Å². The molecular weight excluding hydrogens is 223 g/mol. The van der Waals surface area contributed by atoms with Crippen molar-refractivity contribution in [3.8, 4) is 5.75 Å². The number of benzene rings is 1. The molecule has 16 heavy (non-hydrogen) atoms. The maximum atomic E-state index is 11.6. The Balaban J connectivity index is 2.91. The van der Waals surface area contributed by atoms with E-state index in [0.29, 0.717) is 12.2 Å². The number of hydrogen-bond acceptors (Lipinski definition) is 2. The molecule has 1 atom stereocenters. The van der Waals surface area contributed by atoms with Gasteiger partial charge in [-0.25, -0.2) is 4.57 Å². The SMILES string of the molecule is C=CCc1ccccc1OP(=O)(O)CC=C. The van der Waals surface area contributed by atoms with Crippen molar-refractivity contribution in [3.63, 3.8) is 0 Å². The second kappa shape index (κ2) is 5.69. The average Bonchev–Trinajstić information content (AvgIpc) is 2.20. The van der Waals surface area contributed by atoms with E-state index in [1.165, 1.54) is 6.08 Å². The Morgan fingerprint density at radius 1 is 1.31 bits per heavy atom. The fourth-order valence-electron chi connectivity index (χ4n) is 1.27. The van der Waals surface area contributed by atoms with Crippen molar-refractivity contribution in [2.75, 3.05) is 6.16 Å². The lowest BCUT2D eigenvalue weighted by Gasteiger charge is -2.14. The quantitative estimate of drug-likeness (QED) is 0.611. The van der Waals surface area contributed by atoms with Gasteiger partial charge in [-0.2, -0.15) is 0 Å². The van der Waals surface area contributed by atoms with E-state index in [0.717, 1.165) is 5.56 Å². The fourth-order valence-corrected chi connectivity index (χ4v) is 2.16. The van der Waals surface area contributed by atoms with Crippen LogP contribution in [0.1, 0.15) is 5.56 Å². The van der Waals surface area contributed by atoms with Crippen molar-refractivity contribution >= 4 is 7.60 Å². The highest BCUT2D eigenvalue weighted by molar-refractivity contribution is 7.53. The zero-order valence-electron chi connectivity index (χ0n) is 9.00. The molecule has 4 heteroatoms. The van der Waals surface area contributed by atoms with Crippen molar-refractivity contribution in [1.82, 2.24) is 0 Å². The van der Waals surface area contributed by atoms with E-state index in [1.54, 1.807) is 18.2 Å². The predicted octanol–water partition coefficient (Wildman–Crippen LogP) is 3.17. The molecule has 0 aliphatic carbocycles. The third-order valence-corrected chi connectivity index (χ3v) is 3.14. The highest BCUT2D eigenvalue weighted by atomic mass is 31.2. The first-order valence-corrected chi connectivity index (χ1v) is 6.66. The number of para-hydroxylation sites is 1. The minimum Gasteiger partial charge on any atom is -0.424 e. The lowest BCUT2D eigenvalue weighted by Crippen LogP contribution is -1.97. The molecule has 0 aliphatic rings. The molecule has 1 aromatic rings. The monoisotopic (exact) mass is 238 g/mol. The van der Waals surface area contributed by atoms with Crippen LogP contribution in [0.15, 0.2) is 49.6 Å². The molecule has 0 bridgehead atoms. The van der Waals surface area contributed by atoms with Crippen LogP contribution < -0.4 is 4.52 Å². The molecule has 1 aromatic carbocycles. The van der Waals surface area contributed by atoms with Crippen molar-refractivity contribution in [2.45, 2.75) is 6.42 Å². The van der Waals surface area contributed by atoms with Crippen molar-refractivity contribution in [3.05, 3.63) is 55.1 Å². The molecule has 0 saturated carbocycles. The second-order valence-corrected chi connectivity index (χ2v) is 5.12. The second-order valence-electron chi connectivity index (χ2n) is 3.30. The Bertz CT molecular complexity index is 426. The molecule has 1 N–H and O–H groups in total. The predicted molar refractivity (Wildman–Crippen MR) is 65.9 cm³/mol. The Morgan fingerprint density at radius 3 is 2.62 bits per heavy atom. The number of allylic oxidation sites excluding steroid dienone is 2. The minimum atomic E-state index is -3.62. The van der Waals surface area contributed by atoms with Gasteiger partial charge in [0.05, 0.1) is 6.16 Å². The first-order chi connectivity index (χ1) is 7.59. The summed E-state index contributed by atoms with van der Waals surface area (Å²) in [5.74, 6) is 0.426. The summed E-state index contributed by atoms with van der Waals surface area (Å²) in [4.78, 5) is 9.50. The Morgan fingerprint density at radius 2 is 2.00 bits per heavy atom. The Hall–Kier alpha value is -1.31. The van der Waals surface area contributed by atoms with Crippen LogP contribution >= 0.6 is 7.60 Å². The van der Waals surface area contributed by atoms with Crippen LogP contribution in [0.3, 0.4) is 0 Å². The molecule has 3 nitrogen and oxygen atoms in total. The molecule has 0 aliphatic heterocycles. The molecule has 1 rings (SSSR count). The Labute approximate surface area is 95.6 Å². The molecule has 0 saturated heterocycles. The van der Waals surface area contributed by atoms with E-state index >= 15 is 0 Å². The summed E-state index contributed by atoms with van der Waals surface area (Å²) in [7, 11) is -3.62. The normalized spacial score (nSPS) is 13.8. The third kappa shape index (κ3) is 3.69. The standard InChI is InChI=1S/C12H15O3P/c1-3-7-11-8-5-6-9-12(11)15-16(13,14)10-4-2/h3-6,8-9H,1-2,7,10H2,(H,13,14). The first kappa shape index (κ1) is 12.8. The molecule has 0 amide bonds. The number of rotatable bonds is 6. The van der Waals surface area contributed by atoms with Crippen LogP contribution in [0.4, 0.5) is 0 Å². The molecule has 86 valence electrons. The highest BCUT2D eigenvalue weighted by Gasteiger charge is 2.19. The van der Waals surface area contributed by atoms with Crippen LogP contribution in [0, 0.1) is 0 Å². The van der Waals surface area contributed by atoms with Gasteiger partial charge in [0, 0.05) is 0 Å². The van der Waals surface area contributed by atoms with Gasteiger partial charge in [0.15, 0.2) is 0 Å². The van der Waals surface area contributed by atoms with Gasteiger partial charge in [-0.05, 0) is 18.1 Å².